The number of nitrogens with one attached hydrogen (secondary N) is 1. The van der Waals surface area contributed by atoms with Crippen molar-refractivity contribution in [3.05, 3.63) is 65.4 Å². The van der Waals surface area contributed by atoms with Crippen LogP contribution in [0.25, 0.3) is 17.0 Å². The number of hydrogen-bond acceptors (Lipinski definition) is 6. The predicted octanol–water partition coefficient (Wildman–Crippen LogP) is 4.04. The molecule has 2 amide bonds. The van der Waals surface area contributed by atoms with Crippen LogP contribution in [-0.2, 0) is 6.18 Å². The molecule has 35 heavy (non-hydrogen) atoms. The van der Waals surface area contributed by atoms with Crippen molar-refractivity contribution in [3.8, 4) is 11.4 Å². The third-order valence-corrected chi connectivity index (χ3v) is 5.76. The molecule has 0 atom stereocenters. The number of carboxylic acid groups (broad SMARTS) is 1. The summed E-state index contributed by atoms with van der Waals surface area (Å²) in [6.07, 6.45) is -3.17. The van der Waals surface area contributed by atoms with Gasteiger partial charge in [-0.25, -0.2) is 9.78 Å². The molecule has 13 heteroatoms. The molecule has 0 spiro atoms. The summed E-state index contributed by atoms with van der Waals surface area (Å²) in [5.41, 5.74) is 0.934. The number of imidazole rings is 1. The second-order valence-corrected chi connectivity index (χ2v) is 8.11. The molecule has 180 valence electrons. The summed E-state index contributed by atoms with van der Waals surface area (Å²) < 4.78 is 45.4. The molecular formula is C22H17F3N6O4. The molecule has 1 saturated heterocycles. The Balaban J connectivity index is 1.35. The molecule has 0 unspecified atom stereocenters. The number of nitrogens with zero attached hydrogens (tertiary/aromatic N) is 5. The normalized spacial score (nSPS) is 14.2. The Hall–Kier alpha value is -4.42. The van der Waals surface area contributed by atoms with Crippen molar-refractivity contribution in [1.29, 1.82) is 0 Å². The van der Waals surface area contributed by atoms with Crippen LogP contribution in [-0.4, -0.2) is 54.6 Å². The minimum absolute atomic E-state index is 0.00719. The maximum absolute atomic E-state index is 13.0. The number of pyridine rings is 1. The van der Waals surface area contributed by atoms with Gasteiger partial charge in [0, 0.05) is 30.5 Å². The number of hydrogen-bond donors (Lipinski definition) is 2. The maximum Gasteiger partial charge on any atom is 0.416 e. The van der Waals surface area contributed by atoms with E-state index in [1.54, 1.807) is 25.1 Å². The number of likely N-dealkylation sites (tertiary alicyclic amines) is 1. The zero-order valence-electron chi connectivity index (χ0n) is 18.1. The summed E-state index contributed by atoms with van der Waals surface area (Å²) >= 11 is 0. The van der Waals surface area contributed by atoms with Crippen molar-refractivity contribution >= 4 is 23.3 Å². The van der Waals surface area contributed by atoms with E-state index in [0.717, 1.165) is 23.9 Å². The number of carbonyl (C=O) groups is 2. The quantitative estimate of drug-likeness (QED) is 0.446. The minimum Gasteiger partial charge on any atom is -0.465 e. The monoisotopic (exact) mass is 486 g/mol. The van der Waals surface area contributed by atoms with Gasteiger partial charge < -0.3 is 19.8 Å². The van der Waals surface area contributed by atoms with Gasteiger partial charge in [-0.2, -0.15) is 18.2 Å². The van der Waals surface area contributed by atoms with E-state index in [2.05, 4.69) is 20.4 Å². The first-order chi connectivity index (χ1) is 16.6. The molecule has 0 radical (unpaired) electrons. The highest BCUT2D eigenvalue weighted by atomic mass is 19.4. The van der Waals surface area contributed by atoms with E-state index < -0.39 is 23.7 Å². The zero-order valence-corrected chi connectivity index (χ0v) is 18.1. The van der Waals surface area contributed by atoms with Crippen LogP contribution in [0.15, 0.2) is 47.2 Å². The Morgan fingerprint density at radius 2 is 1.97 bits per heavy atom. The molecule has 2 N–H and O–H groups in total. The van der Waals surface area contributed by atoms with Gasteiger partial charge in [-0.1, -0.05) is 17.3 Å². The summed E-state index contributed by atoms with van der Waals surface area (Å²) in [6, 6.07) is 6.89. The number of aryl methyl sites for hydroxylation is 1. The number of carbonyl (C=O) groups excluding carboxylic acids is 1. The topological polar surface area (TPSA) is 126 Å². The summed E-state index contributed by atoms with van der Waals surface area (Å²) in [5.74, 6) is -0.133. The highest BCUT2D eigenvalue weighted by molar-refractivity contribution is 6.04. The van der Waals surface area contributed by atoms with Gasteiger partial charge in [0.25, 0.3) is 5.91 Å². The Morgan fingerprint density at radius 1 is 1.20 bits per heavy atom. The van der Waals surface area contributed by atoms with Crippen LogP contribution < -0.4 is 5.32 Å². The van der Waals surface area contributed by atoms with Crippen LogP contribution in [0.5, 0.6) is 0 Å². The van der Waals surface area contributed by atoms with Crippen LogP contribution in [0.2, 0.25) is 0 Å². The summed E-state index contributed by atoms with van der Waals surface area (Å²) in [5, 5.41) is 15.7. The Bertz CT molecular complexity index is 1460. The van der Waals surface area contributed by atoms with Crippen LogP contribution in [0.4, 0.5) is 23.7 Å². The van der Waals surface area contributed by atoms with Gasteiger partial charge in [-0.3, -0.25) is 9.20 Å². The molecule has 4 heterocycles. The fourth-order valence-corrected chi connectivity index (χ4v) is 3.72. The van der Waals surface area contributed by atoms with Crippen LogP contribution in [0, 0.1) is 6.92 Å². The smallest absolute Gasteiger partial charge is 0.416 e. The van der Waals surface area contributed by atoms with Crippen LogP contribution in [0.1, 0.15) is 33.4 Å². The Kier molecular flexibility index (Phi) is 5.19. The number of rotatable bonds is 4. The highest BCUT2D eigenvalue weighted by Crippen LogP contribution is 2.31. The van der Waals surface area contributed by atoms with Crippen molar-refractivity contribution in [3.63, 3.8) is 0 Å². The first-order valence-electron chi connectivity index (χ1n) is 10.4. The SMILES string of the molecule is Cc1ccc(-c2noc(C3CN(C(=O)O)C3)n2)cc1NC(=O)c1cnc2cc(C(F)(F)F)ccn12. The fourth-order valence-electron chi connectivity index (χ4n) is 3.72. The Morgan fingerprint density at radius 3 is 2.69 bits per heavy atom. The van der Waals surface area contributed by atoms with Crippen molar-refractivity contribution < 1.29 is 32.4 Å². The largest absolute Gasteiger partial charge is 0.465 e. The van der Waals surface area contributed by atoms with Crippen molar-refractivity contribution in [1.82, 2.24) is 24.4 Å². The van der Waals surface area contributed by atoms with Crippen molar-refractivity contribution in [2.24, 2.45) is 0 Å². The molecule has 1 fully saturated rings. The van der Waals surface area contributed by atoms with Crippen LogP contribution >= 0.6 is 0 Å². The molecule has 3 aromatic heterocycles. The third kappa shape index (κ3) is 4.16. The molecule has 0 aliphatic carbocycles. The standard InChI is InChI=1S/C22H17F3N6O4/c1-11-2-3-12(18-28-20(35-29-18)13-9-30(10-13)21(33)34)6-15(11)27-19(32)16-8-26-17-7-14(22(23,24)25)4-5-31(16)17/h2-8,13H,9-10H2,1H3,(H,27,32)(H,33,34). The zero-order chi connectivity index (χ0) is 24.9. The third-order valence-electron chi connectivity index (χ3n) is 5.76. The van der Waals surface area contributed by atoms with E-state index >= 15 is 0 Å². The van der Waals surface area contributed by atoms with Gasteiger partial charge in [0.15, 0.2) is 0 Å². The number of amides is 2. The van der Waals surface area contributed by atoms with E-state index in [-0.39, 0.29) is 36.2 Å². The number of aromatic nitrogens is 4. The summed E-state index contributed by atoms with van der Waals surface area (Å²) in [7, 11) is 0. The molecule has 1 aromatic carbocycles. The van der Waals surface area contributed by atoms with E-state index in [0.29, 0.717) is 17.1 Å². The summed E-state index contributed by atoms with van der Waals surface area (Å²) in [4.78, 5) is 33.3. The molecule has 10 nitrogen and oxygen atoms in total. The predicted molar refractivity (Wildman–Crippen MR) is 115 cm³/mol. The number of halogens is 3. The Labute approximate surface area is 195 Å². The lowest BCUT2D eigenvalue weighted by atomic mass is 10.0. The average Bonchev–Trinajstić information content (AvgIpc) is 3.40. The molecular weight excluding hydrogens is 469 g/mol. The average molecular weight is 486 g/mol. The lowest BCUT2D eigenvalue weighted by Crippen LogP contribution is -2.47. The second kappa shape index (κ2) is 8.11. The van der Waals surface area contributed by atoms with E-state index in [1.165, 1.54) is 15.5 Å². The first kappa shape index (κ1) is 22.4. The van der Waals surface area contributed by atoms with Gasteiger partial charge in [0.1, 0.15) is 11.3 Å². The number of benzene rings is 1. The van der Waals surface area contributed by atoms with E-state index in [4.69, 9.17) is 9.63 Å². The second-order valence-electron chi connectivity index (χ2n) is 8.11. The summed E-state index contributed by atoms with van der Waals surface area (Å²) in [6.45, 7) is 2.33. The van der Waals surface area contributed by atoms with Gasteiger partial charge in [0.2, 0.25) is 11.7 Å². The minimum atomic E-state index is -4.52. The first-order valence-corrected chi connectivity index (χ1v) is 10.4. The van der Waals surface area contributed by atoms with E-state index in [1.807, 2.05) is 0 Å². The van der Waals surface area contributed by atoms with Crippen LogP contribution in [0.3, 0.4) is 0 Å². The highest BCUT2D eigenvalue weighted by Gasteiger charge is 2.35. The van der Waals surface area contributed by atoms with Gasteiger partial charge in [-0.05, 0) is 30.7 Å². The molecule has 0 saturated carbocycles. The van der Waals surface area contributed by atoms with Gasteiger partial charge in [0.05, 0.1) is 17.7 Å². The number of fused-ring (bicyclic) bond motifs is 1. The fraction of sp³-hybridized carbons (Fsp3) is 0.227. The van der Waals surface area contributed by atoms with Gasteiger partial charge in [-0.15, -0.1) is 0 Å². The maximum atomic E-state index is 13.0. The number of alkyl halides is 3. The molecule has 5 rings (SSSR count). The molecule has 4 aromatic rings. The van der Waals surface area contributed by atoms with Gasteiger partial charge >= 0.3 is 12.3 Å². The lowest BCUT2D eigenvalue weighted by molar-refractivity contribution is -0.137. The van der Waals surface area contributed by atoms with Crippen molar-refractivity contribution in [2.75, 3.05) is 18.4 Å². The van der Waals surface area contributed by atoms with E-state index in [9.17, 15) is 22.8 Å². The lowest BCUT2D eigenvalue weighted by Gasteiger charge is -2.34. The molecule has 1 aliphatic rings. The molecule has 0 bridgehead atoms. The molecule has 1 aliphatic heterocycles. The van der Waals surface area contributed by atoms with Crippen molar-refractivity contribution in [2.45, 2.75) is 19.0 Å². The number of anilines is 1.